The maximum atomic E-state index is 12.1. The highest BCUT2D eigenvalue weighted by Gasteiger charge is 2.10. The third-order valence-corrected chi connectivity index (χ3v) is 3.43. The molecular weight excluding hydrogens is 290 g/mol. The van der Waals surface area contributed by atoms with Gasteiger partial charge in [0.25, 0.3) is 11.8 Å². The Morgan fingerprint density at radius 1 is 0.826 bits per heavy atom. The Balaban J connectivity index is 1.68. The van der Waals surface area contributed by atoms with Gasteiger partial charge in [-0.05, 0) is 31.2 Å². The lowest BCUT2D eigenvalue weighted by molar-refractivity contribution is 0.0844. The fraction of sp³-hybridized carbons (Fsp3) is 0.0556. The van der Waals surface area contributed by atoms with Crippen molar-refractivity contribution in [2.24, 2.45) is 0 Å². The summed E-state index contributed by atoms with van der Waals surface area (Å²) in [4.78, 5) is 28.3. The van der Waals surface area contributed by atoms with Gasteiger partial charge in [-0.1, -0.05) is 42.0 Å². The molecule has 0 aliphatic heterocycles. The second kappa shape index (κ2) is 6.27. The maximum Gasteiger partial charge on any atom is 0.288 e. The normalized spacial score (nSPS) is 10.3. The highest BCUT2D eigenvalue weighted by Crippen LogP contribution is 2.11. The molecule has 23 heavy (non-hydrogen) atoms. The number of carbonyl (C=O) groups excluding carboxylic acids is 2. The van der Waals surface area contributed by atoms with E-state index in [1.54, 1.807) is 18.2 Å². The van der Waals surface area contributed by atoms with Gasteiger partial charge in [-0.3, -0.25) is 20.4 Å². The molecule has 0 spiro atoms. The van der Waals surface area contributed by atoms with Gasteiger partial charge in [-0.15, -0.1) is 0 Å². The van der Waals surface area contributed by atoms with Crippen LogP contribution in [-0.2, 0) is 0 Å². The van der Waals surface area contributed by atoms with Crippen LogP contribution >= 0.6 is 0 Å². The Morgan fingerprint density at radius 3 is 2.30 bits per heavy atom. The van der Waals surface area contributed by atoms with E-state index in [1.165, 1.54) is 0 Å². The first-order chi connectivity index (χ1) is 11.1. The summed E-state index contributed by atoms with van der Waals surface area (Å²) in [5.41, 5.74) is 7.27. The van der Waals surface area contributed by atoms with Crippen LogP contribution in [0.25, 0.3) is 10.9 Å². The van der Waals surface area contributed by atoms with Crippen LogP contribution in [0.3, 0.4) is 0 Å². The third-order valence-electron chi connectivity index (χ3n) is 3.43. The summed E-state index contributed by atoms with van der Waals surface area (Å²) in [5, 5.41) is 0.952. The molecule has 114 valence electrons. The third kappa shape index (κ3) is 3.35. The first-order valence-corrected chi connectivity index (χ1v) is 7.16. The van der Waals surface area contributed by atoms with Crippen molar-refractivity contribution in [3.05, 3.63) is 77.5 Å². The van der Waals surface area contributed by atoms with Crippen molar-refractivity contribution in [1.82, 2.24) is 15.8 Å². The fourth-order valence-corrected chi connectivity index (χ4v) is 2.15. The summed E-state index contributed by atoms with van der Waals surface area (Å²) >= 11 is 0. The molecule has 2 amide bonds. The molecule has 2 N–H and O–H groups in total. The molecule has 0 fully saturated rings. The van der Waals surface area contributed by atoms with Crippen LogP contribution in [0.4, 0.5) is 0 Å². The summed E-state index contributed by atoms with van der Waals surface area (Å²) in [6.07, 6.45) is 0. The zero-order chi connectivity index (χ0) is 16.2. The van der Waals surface area contributed by atoms with Crippen LogP contribution < -0.4 is 10.9 Å². The van der Waals surface area contributed by atoms with E-state index in [0.29, 0.717) is 5.56 Å². The minimum absolute atomic E-state index is 0.243. The summed E-state index contributed by atoms with van der Waals surface area (Å²) in [7, 11) is 0. The van der Waals surface area contributed by atoms with Gasteiger partial charge in [0.05, 0.1) is 5.52 Å². The molecule has 0 aliphatic rings. The van der Waals surface area contributed by atoms with Crippen molar-refractivity contribution >= 4 is 22.7 Å². The number of nitrogens with one attached hydrogen (secondary N) is 2. The lowest BCUT2D eigenvalue weighted by Crippen LogP contribution is -2.41. The largest absolute Gasteiger partial charge is 0.288 e. The lowest BCUT2D eigenvalue weighted by atomic mass is 10.1. The summed E-state index contributed by atoms with van der Waals surface area (Å²) in [6.45, 7) is 1.94. The summed E-state index contributed by atoms with van der Waals surface area (Å²) in [6, 6.07) is 18.0. The zero-order valence-electron chi connectivity index (χ0n) is 12.5. The number of benzene rings is 2. The molecule has 0 bridgehead atoms. The standard InChI is InChI=1S/C18H15N3O2/c1-12-6-8-14(9-7-12)17(22)20-21-18(23)16-11-10-13-4-2-3-5-15(13)19-16/h2-11H,1H3,(H,20,22)(H,21,23). The number of pyridine rings is 1. The summed E-state index contributed by atoms with van der Waals surface area (Å²) in [5.74, 6) is -0.838. The molecule has 3 aromatic rings. The molecule has 5 heteroatoms. The van der Waals surface area contributed by atoms with Crippen LogP contribution in [0.15, 0.2) is 60.7 Å². The van der Waals surface area contributed by atoms with E-state index in [-0.39, 0.29) is 11.6 Å². The number of para-hydroxylation sites is 1. The number of aromatic nitrogens is 1. The van der Waals surface area contributed by atoms with Crippen molar-refractivity contribution in [1.29, 1.82) is 0 Å². The minimum Gasteiger partial charge on any atom is -0.267 e. The van der Waals surface area contributed by atoms with E-state index in [4.69, 9.17) is 0 Å². The molecule has 0 saturated carbocycles. The van der Waals surface area contributed by atoms with Crippen molar-refractivity contribution in [2.45, 2.75) is 6.92 Å². The second-order valence-corrected chi connectivity index (χ2v) is 5.16. The van der Waals surface area contributed by atoms with Crippen LogP contribution in [0.2, 0.25) is 0 Å². The number of aryl methyl sites for hydroxylation is 1. The predicted octanol–water partition coefficient (Wildman–Crippen LogP) is 2.62. The van der Waals surface area contributed by atoms with Gasteiger partial charge in [0.15, 0.2) is 0 Å². The smallest absolute Gasteiger partial charge is 0.267 e. The fourth-order valence-electron chi connectivity index (χ4n) is 2.15. The van der Waals surface area contributed by atoms with Crippen molar-refractivity contribution in [2.75, 3.05) is 0 Å². The Labute approximate surface area is 133 Å². The van der Waals surface area contributed by atoms with E-state index in [0.717, 1.165) is 16.5 Å². The molecule has 0 aliphatic carbocycles. The van der Waals surface area contributed by atoms with E-state index >= 15 is 0 Å². The van der Waals surface area contributed by atoms with Crippen molar-refractivity contribution in [3.8, 4) is 0 Å². The first kappa shape index (κ1) is 14.7. The number of hydrogen-bond acceptors (Lipinski definition) is 3. The van der Waals surface area contributed by atoms with Crippen molar-refractivity contribution < 1.29 is 9.59 Å². The van der Waals surface area contributed by atoms with Gasteiger partial charge in [0, 0.05) is 10.9 Å². The Morgan fingerprint density at radius 2 is 1.52 bits per heavy atom. The van der Waals surface area contributed by atoms with Gasteiger partial charge in [0.1, 0.15) is 5.69 Å². The van der Waals surface area contributed by atoms with E-state index in [2.05, 4.69) is 15.8 Å². The topological polar surface area (TPSA) is 71.1 Å². The van der Waals surface area contributed by atoms with E-state index in [9.17, 15) is 9.59 Å². The monoisotopic (exact) mass is 305 g/mol. The predicted molar refractivity (Wildman–Crippen MR) is 87.9 cm³/mol. The van der Waals surface area contributed by atoms with Crippen LogP contribution in [0.1, 0.15) is 26.4 Å². The van der Waals surface area contributed by atoms with Gasteiger partial charge < -0.3 is 0 Å². The van der Waals surface area contributed by atoms with Gasteiger partial charge >= 0.3 is 0 Å². The average molecular weight is 305 g/mol. The maximum absolute atomic E-state index is 12.1. The zero-order valence-corrected chi connectivity index (χ0v) is 12.5. The van der Waals surface area contributed by atoms with Crippen LogP contribution in [0, 0.1) is 6.92 Å². The SMILES string of the molecule is Cc1ccc(C(=O)NNC(=O)c2ccc3ccccc3n2)cc1. The Kier molecular flexibility index (Phi) is 4.01. The second-order valence-electron chi connectivity index (χ2n) is 5.16. The summed E-state index contributed by atoms with van der Waals surface area (Å²) < 4.78 is 0. The van der Waals surface area contributed by atoms with Crippen LogP contribution in [-0.4, -0.2) is 16.8 Å². The number of rotatable bonds is 2. The Bertz CT molecular complexity index is 873. The molecule has 2 aromatic carbocycles. The molecular formula is C18H15N3O2. The quantitative estimate of drug-likeness (QED) is 0.715. The number of carbonyl (C=O) groups is 2. The molecule has 1 heterocycles. The van der Waals surface area contributed by atoms with Crippen LogP contribution in [0.5, 0.6) is 0 Å². The molecule has 5 nitrogen and oxygen atoms in total. The van der Waals surface area contributed by atoms with Gasteiger partial charge in [-0.25, -0.2) is 4.98 Å². The highest BCUT2D eigenvalue weighted by molar-refractivity contribution is 5.99. The lowest BCUT2D eigenvalue weighted by Gasteiger charge is -2.08. The average Bonchev–Trinajstić information content (AvgIpc) is 2.59. The number of nitrogens with zero attached hydrogens (tertiary/aromatic N) is 1. The first-order valence-electron chi connectivity index (χ1n) is 7.16. The molecule has 1 aromatic heterocycles. The molecule has 0 radical (unpaired) electrons. The number of hydrogen-bond donors (Lipinski definition) is 2. The number of amides is 2. The van der Waals surface area contributed by atoms with Gasteiger partial charge in [0.2, 0.25) is 0 Å². The molecule has 3 rings (SSSR count). The number of hydrazine groups is 1. The molecule has 0 saturated heterocycles. The Hall–Kier alpha value is -3.21. The molecule has 0 atom stereocenters. The van der Waals surface area contributed by atoms with E-state index in [1.807, 2.05) is 49.4 Å². The van der Waals surface area contributed by atoms with Gasteiger partial charge in [-0.2, -0.15) is 0 Å². The highest BCUT2D eigenvalue weighted by atomic mass is 16.2. The van der Waals surface area contributed by atoms with E-state index < -0.39 is 5.91 Å². The molecule has 0 unspecified atom stereocenters. The van der Waals surface area contributed by atoms with Crippen molar-refractivity contribution in [3.63, 3.8) is 0 Å². The number of fused-ring (bicyclic) bond motifs is 1. The minimum atomic E-state index is -0.462.